The quantitative estimate of drug-likeness (QED) is 0.820. The fraction of sp³-hybridized carbons (Fsp3) is 1.00. The van der Waals surface area contributed by atoms with Crippen LogP contribution in [0.1, 0.15) is 45.4 Å². The zero-order valence-corrected chi connectivity index (χ0v) is 11.4. The van der Waals surface area contributed by atoms with Crippen molar-refractivity contribution in [2.75, 3.05) is 18.6 Å². The summed E-state index contributed by atoms with van der Waals surface area (Å²) < 4.78 is 6.05. The Kier molecular flexibility index (Phi) is 4.57. The third kappa shape index (κ3) is 3.14. The smallest absolute Gasteiger partial charge is 0.0697 e. The minimum absolute atomic E-state index is 0.259. The first-order valence-corrected chi connectivity index (χ1v) is 8.02. The van der Waals surface area contributed by atoms with E-state index in [0.717, 1.165) is 6.61 Å². The highest BCUT2D eigenvalue weighted by atomic mass is 32.2. The summed E-state index contributed by atoms with van der Waals surface area (Å²) in [6.07, 6.45) is 9.94. The van der Waals surface area contributed by atoms with Crippen LogP contribution in [0.5, 0.6) is 0 Å². The van der Waals surface area contributed by atoms with Crippen LogP contribution < -0.4 is 5.32 Å². The van der Waals surface area contributed by atoms with Crippen molar-refractivity contribution < 1.29 is 4.74 Å². The van der Waals surface area contributed by atoms with Crippen LogP contribution in [0.2, 0.25) is 0 Å². The molecule has 2 aliphatic rings. The van der Waals surface area contributed by atoms with Crippen LogP contribution in [0.4, 0.5) is 0 Å². The van der Waals surface area contributed by atoms with Crippen molar-refractivity contribution in [2.45, 2.75) is 63.1 Å². The average molecular weight is 243 g/mol. The van der Waals surface area contributed by atoms with Gasteiger partial charge >= 0.3 is 0 Å². The van der Waals surface area contributed by atoms with Gasteiger partial charge in [-0.05, 0) is 38.9 Å². The summed E-state index contributed by atoms with van der Waals surface area (Å²) in [6, 6.07) is 1.32. The lowest BCUT2D eigenvalue weighted by atomic mass is 9.88. The maximum Gasteiger partial charge on any atom is 0.0697 e. The number of hydrogen-bond donors (Lipinski definition) is 1. The second-order valence-electron chi connectivity index (χ2n) is 5.45. The molecule has 16 heavy (non-hydrogen) atoms. The summed E-state index contributed by atoms with van der Waals surface area (Å²) >= 11 is 1.93. The van der Waals surface area contributed by atoms with Crippen LogP contribution in [0.25, 0.3) is 0 Å². The zero-order chi connectivity index (χ0) is 11.4. The monoisotopic (exact) mass is 243 g/mol. The molecule has 3 heteroatoms. The van der Waals surface area contributed by atoms with Crippen molar-refractivity contribution in [1.82, 2.24) is 5.32 Å². The molecule has 2 fully saturated rings. The second kappa shape index (κ2) is 5.74. The van der Waals surface area contributed by atoms with Gasteiger partial charge in [-0.3, -0.25) is 0 Å². The van der Waals surface area contributed by atoms with Gasteiger partial charge in [0.2, 0.25) is 0 Å². The SMILES string of the molecule is CSCC(C)NC1CCOC2(CCCC2)C1. The molecule has 1 saturated carbocycles. The van der Waals surface area contributed by atoms with E-state index in [-0.39, 0.29) is 5.60 Å². The molecule has 94 valence electrons. The summed E-state index contributed by atoms with van der Waals surface area (Å²) in [7, 11) is 0. The van der Waals surface area contributed by atoms with Gasteiger partial charge in [-0.15, -0.1) is 0 Å². The third-order valence-electron chi connectivity index (χ3n) is 3.94. The van der Waals surface area contributed by atoms with E-state index in [1.54, 1.807) is 0 Å². The van der Waals surface area contributed by atoms with E-state index < -0.39 is 0 Å². The molecule has 1 aliphatic carbocycles. The summed E-state index contributed by atoms with van der Waals surface area (Å²) in [5, 5.41) is 3.77. The van der Waals surface area contributed by atoms with E-state index in [4.69, 9.17) is 4.74 Å². The lowest BCUT2D eigenvalue weighted by Gasteiger charge is -2.39. The molecule has 2 nitrogen and oxygen atoms in total. The summed E-state index contributed by atoms with van der Waals surface area (Å²) in [5.41, 5.74) is 0.259. The molecule has 0 aromatic heterocycles. The van der Waals surface area contributed by atoms with Crippen LogP contribution in [-0.2, 0) is 4.74 Å². The Morgan fingerprint density at radius 1 is 1.44 bits per heavy atom. The summed E-state index contributed by atoms with van der Waals surface area (Å²) in [6.45, 7) is 3.26. The molecule has 2 rings (SSSR count). The third-order valence-corrected chi connectivity index (χ3v) is 4.78. The Morgan fingerprint density at radius 2 is 2.19 bits per heavy atom. The summed E-state index contributed by atoms with van der Waals surface area (Å²) in [4.78, 5) is 0. The van der Waals surface area contributed by atoms with Gasteiger partial charge in [-0.2, -0.15) is 11.8 Å². The van der Waals surface area contributed by atoms with Gasteiger partial charge < -0.3 is 10.1 Å². The lowest BCUT2D eigenvalue weighted by Crippen LogP contribution is -2.48. The van der Waals surface area contributed by atoms with Crippen molar-refractivity contribution >= 4 is 11.8 Å². The van der Waals surface area contributed by atoms with Gasteiger partial charge in [-0.25, -0.2) is 0 Å². The molecule has 1 saturated heterocycles. The van der Waals surface area contributed by atoms with Gasteiger partial charge in [0.25, 0.3) is 0 Å². The molecular formula is C13H25NOS. The van der Waals surface area contributed by atoms with Crippen LogP contribution in [-0.4, -0.2) is 36.3 Å². The van der Waals surface area contributed by atoms with Crippen LogP contribution in [0.15, 0.2) is 0 Å². The molecule has 1 heterocycles. The van der Waals surface area contributed by atoms with E-state index in [2.05, 4.69) is 18.5 Å². The largest absolute Gasteiger partial charge is 0.375 e. The van der Waals surface area contributed by atoms with Gasteiger partial charge in [0, 0.05) is 24.4 Å². The maximum absolute atomic E-state index is 6.05. The van der Waals surface area contributed by atoms with E-state index in [1.165, 1.54) is 44.3 Å². The predicted molar refractivity (Wildman–Crippen MR) is 71.2 cm³/mol. The van der Waals surface area contributed by atoms with Crippen molar-refractivity contribution in [1.29, 1.82) is 0 Å². The highest BCUT2D eigenvalue weighted by molar-refractivity contribution is 7.98. The first-order valence-electron chi connectivity index (χ1n) is 6.63. The predicted octanol–water partition coefficient (Wildman–Crippen LogP) is 2.82. The van der Waals surface area contributed by atoms with E-state index >= 15 is 0 Å². The second-order valence-corrected chi connectivity index (χ2v) is 6.36. The highest BCUT2D eigenvalue weighted by Crippen LogP contribution is 2.40. The van der Waals surface area contributed by atoms with Crippen molar-refractivity contribution in [3.05, 3.63) is 0 Å². The highest BCUT2D eigenvalue weighted by Gasteiger charge is 2.39. The molecule has 1 N–H and O–H groups in total. The van der Waals surface area contributed by atoms with Crippen molar-refractivity contribution in [3.63, 3.8) is 0 Å². The topological polar surface area (TPSA) is 21.3 Å². The summed E-state index contributed by atoms with van der Waals surface area (Å²) in [5.74, 6) is 1.21. The standard InChI is InChI=1S/C13H25NOS/c1-11(10-16-2)14-12-5-8-15-13(9-12)6-3-4-7-13/h11-12,14H,3-10H2,1-2H3. The molecule has 0 radical (unpaired) electrons. The Hall–Kier alpha value is 0.270. The first kappa shape index (κ1) is 12.7. The molecule has 0 bridgehead atoms. The lowest BCUT2D eigenvalue weighted by molar-refractivity contribution is -0.0842. The fourth-order valence-corrected chi connectivity index (χ4v) is 3.83. The molecule has 0 aromatic rings. The molecular weight excluding hydrogens is 218 g/mol. The molecule has 1 spiro atoms. The van der Waals surface area contributed by atoms with Crippen molar-refractivity contribution in [2.24, 2.45) is 0 Å². The van der Waals surface area contributed by atoms with Gasteiger partial charge in [0.05, 0.1) is 5.60 Å². The van der Waals surface area contributed by atoms with E-state index in [9.17, 15) is 0 Å². The molecule has 0 aromatic carbocycles. The van der Waals surface area contributed by atoms with Crippen LogP contribution >= 0.6 is 11.8 Å². The Labute approximate surface area is 104 Å². The first-order chi connectivity index (χ1) is 7.74. The Morgan fingerprint density at radius 3 is 2.88 bits per heavy atom. The van der Waals surface area contributed by atoms with Gasteiger partial charge in [-0.1, -0.05) is 12.8 Å². The normalized spacial score (nSPS) is 30.8. The van der Waals surface area contributed by atoms with Crippen LogP contribution in [0.3, 0.4) is 0 Å². The number of thioether (sulfide) groups is 1. The van der Waals surface area contributed by atoms with E-state index in [0.29, 0.717) is 12.1 Å². The van der Waals surface area contributed by atoms with Crippen LogP contribution in [0, 0.1) is 0 Å². The fourth-order valence-electron chi connectivity index (χ4n) is 3.24. The number of ether oxygens (including phenoxy) is 1. The zero-order valence-electron chi connectivity index (χ0n) is 10.6. The minimum atomic E-state index is 0.259. The number of hydrogen-bond acceptors (Lipinski definition) is 3. The maximum atomic E-state index is 6.05. The number of rotatable bonds is 4. The average Bonchev–Trinajstić information content (AvgIpc) is 2.66. The number of nitrogens with one attached hydrogen (secondary N) is 1. The van der Waals surface area contributed by atoms with E-state index in [1.807, 2.05) is 11.8 Å². The minimum Gasteiger partial charge on any atom is -0.375 e. The molecule has 1 aliphatic heterocycles. The van der Waals surface area contributed by atoms with Gasteiger partial charge in [0.15, 0.2) is 0 Å². The van der Waals surface area contributed by atoms with Crippen molar-refractivity contribution in [3.8, 4) is 0 Å². The molecule has 2 unspecified atom stereocenters. The molecule has 0 amide bonds. The Balaban J connectivity index is 1.82. The van der Waals surface area contributed by atoms with Gasteiger partial charge in [0.1, 0.15) is 0 Å². The molecule has 2 atom stereocenters. The Bertz CT molecular complexity index is 216.